The number of thiazole rings is 1. The van der Waals surface area contributed by atoms with Gasteiger partial charge in [0.25, 0.3) is 5.91 Å². The molecule has 0 aliphatic carbocycles. The molecule has 148 valence electrons. The first-order chi connectivity index (χ1) is 13.6. The van der Waals surface area contributed by atoms with E-state index in [-0.39, 0.29) is 11.9 Å². The first kappa shape index (κ1) is 20.5. The van der Waals surface area contributed by atoms with E-state index < -0.39 is 0 Å². The molecule has 6 nitrogen and oxygen atoms in total. The Morgan fingerprint density at radius 2 is 2.39 bits per heavy atom. The van der Waals surface area contributed by atoms with Gasteiger partial charge in [-0.25, -0.2) is 4.98 Å². The van der Waals surface area contributed by atoms with E-state index >= 15 is 0 Å². The molecule has 1 saturated heterocycles. The Bertz CT molecular complexity index is 873. The molecule has 0 saturated carbocycles. The Morgan fingerprint density at radius 1 is 1.54 bits per heavy atom. The van der Waals surface area contributed by atoms with Crippen molar-refractivity contribution in [3.05, 3.63) is 51.6 Å². The number of nitrogens with zero attached hydrogens (tertiary/aromatic N) is 3. The lowest BCUT2D eigenvalue weighted by molar-refractivity contribution is 0.0687. The molecule has 0 radical (unpaired) electrons. The third-order valence-electron chi connectivity index (χ3n) is 4.51. The van der Waals surface area contributed by atoms with E-state index in [0.29, 0.717) is 21.3 Å². The lowest BCUT2D eigenvalue weighted by Gasteiger charge is -2.27. The SMILES string of the molecule is CCCN(C(=O)c1csc(/C(C=Nc2cccc(Cl)c2)=C/N)n1)[C@@H]1CCNC1. The predicted molar refractivity (Wildman–Crippen MR) is 116 cm³/mol. The molecule has 1 fully saturated rings. The third kappa shape index (κ3) is 4.98. The summed E-state index contributed by atoms with van der Waals surface area (Å²) in [4.78, 5) is 23.9. The second-order valence-electron chi connectivity index (χ2n) is 6.54. The lowest BCUT2D eigenvalue weighted by atomic mass is 10.2. The standard InChI is InChI=1S/C20H24ClN5OS/c1-2-8-26(17-6-7-23-12-17)20(27)18-13-28-19(25-18)14(10-22)11-24-16-5-3-4-15(21)9-16/h3-5,9-11,13,17,23H,2,6-8,12,22H2,1H3/b14-10+,24-11?/t17-/m1/s1. The van der Waals surface area contributed by atoms with Crippen LogP contribution in [-0.2, 0) is 0 Å². The number of aromatic nitrogens is 1. The van der Waals surface area contributed by atoms with Crippen molar-refractivity contribution in [2.24, 2.45) is 10.7 Å². The molecule has 2 aromatic rings. The van der Waals surface area contributed by atoms with E-state index in [1.54, 1.807) is 23.7 Å². The number of halogens is 1. The summed E-state index contributed by atoms with van der Waals surface area (Å²) in [5, 5.41) is 6.40. The molecule has 0 spiro atoms. The number of carbonyl (C=O) groups excluding carboxylic acids is 1. The molecule has 8 heteroatoms. The molecule has 0 unspecified atom stereocenters. The molecule has 28 heavy (non-hydrogen) atoms. The summed E-state index contributed by atoms with van der Waals surface area (Å²) in [6, 6.07) is 7.47. The molecule has 3 N–H and O–H groups in total. The molecule has 1 aromatic heterocycles. The van der Waals surface area contributed by atoms with Crippen LogP contribution >= 0.6 is 22.9 Å². The highest BCUT2D eigenvalue weighted by Crippen LogP contribution is 2.22. The Kier molecular flexibility index (Phi) is 7.19. The van der Waals surface area contributed by atoms with Crippen molar-refractivity contribution >= 4 is 46.3 Å². The van der Waals surface area contributed by atoms with Crippen LogP contribution in [0.2, 0.25) is 5.02 Å². The molecule has 2 heterocycles. The van der Waals surface area contributed by atoms with Gasteiger partial charge in [-0.1, -0.05) is 24.6 Å². The number of nitrogens with one attached hydrogen (secondary N) is 1. The van der Waals surface area contributed by atoms with Gasteiger partial charge in [0.1, 0.15) is 10.7 Å². The highest BCUT2D eigenvalue weighted by atomic mass is 35.5. The Hall–Kier alpha value is -2.22. The highest BCUT2D eigenvalue weighted by Gasteiger charge is 2.28. The van der Waals surface area contributed by atoms with E-state index in [4.69, 9.17) is 17.3 Å². The smallest absolute Gasteiger partial charge is 0.273 e. The summed E-state index contributed by atoms with van der Waals surface area (Å²) < 4.78 is 0. The van der Waals surface area contributed by atoms with E-state index in [0.717, 1.165) is 38.2 Å². The van der Waals surface area contributed by atoms with Crippen molar-refractivity contribution in [2.45, 2.75) is 25.8 Å². The number of allylic oxidation sites excluding steroid dienone is 1. The largest absolute Gasteiger partial charge is 0.404 e. The van der Waals surface area contributed by atoms with Crippen molar-refractivity contribution in [1.29, 1.82) is 0 Å². The van der Waals surface area contributed by atoms with Crippen LogP contribution in [0.5, 0.6) is 0 Å². The van der Waals surface area contributed by atoms with Crippen molar-refractivity contribution in [1.82, 2.24) is 15.2 Å². The van der Waals surface area contributed by atoms with Crippen molar-refractivity contribution in [3.8, 4) is 0 Å². The summed E-state index contributed by atoms with van der Waals surface area (Å²) in [6.45, 7) is 4.59. The van der Waals surface area contributed by atoms with Crippen molar-refractivity contribution in [2.75, 3.05) is 19.6 Å². The average Bonchev–Trinajstić information content (AvgIpc) is 3.38. The molecule has 1 amide bonds. The second-order valence-corrected chi connectivity index (χ2v) is 7.84. The molecule has 1 aliphatic rings. The molecule has 0 bridgehead atoms. The van der Waals surface area contributed by atoms with Crippen molar-refractivity contribution < 1.29 is 4.79 Å². The third-order valence-corrected chi connectivity index (χ3v) is 5.64. The zero-order valence-electron chi connectivity index (χ0n) is 15.8. The number of hydrogen-bond donors (Lipinski definition) is 2. The summed E-state index contributed by atoms with van der Waals surface area (Å²) >= 11 is 7.38. The van der Waals surface area contributed by atoms with Gasteiger partial charge in [-0.2, -0.15) is 0 Å². The van der Waals surface area contributed by atoms with Gasteiger partial charge < -0.3 is 16.0 Å². The summed E-state index contributed by atoms with van der Waals surface area (Å²) in [5.74, 6) is -0.0267. The monoisotopic (exact) mass is 417 g/mol. The second kappa shape index (κ2) is 9.82. The quantitative estimate of drug-likeness (QED) is 0.672. The number of aliphatic imine (C=N–C) groups is 1. The number of amides is 1. The molecular formula is C20H24ClN5OS. The molecule has 1 atom stereocenters. The van der Waals surface area contributed by atoms with Crippen LogP contribution in [0.15, 0.2) is 40.8 Å². The van der Waals surface area contributed by atoms with E-state index in [9.17, 15) is 4.79 Å². The van der Waals surface area contributed by atoms with E-state index in [1.165, 1.54) is 17.5 Å². The van der Waals surface area contributed by atoms with Crippen LogP contribution in [0.3, 0.4) is 0 Å². The van der Waals surface area contributed by atoms with Crippen LogP contribution in [0, 0.1) is 0 Å². The number of benzene rings is 1. The van der Waals surface area contributed by atoms with Crippen LogP contribution in [0.25, 0.3) is 5.57 Å². The van der Waals surface area contributed by atoms with Gasteiger partial charge in [-0.15, -0.1) is 11.3 Å². The molecule has 1 aromatic carbocycles. The van der Waals surface area contributed by atoms with Crippen molar-refractivity contribution in [3.63, 3.8) is 0 Å². The van der Waals surface area contributed by atoms with Crippen LogP contribution in [-0.4, -0.2) is 47.7 Å². The minimum Gasteiger partial charge on any atom is -0.404 e. The number of carbonyl (C=O) groups is 1. The van der Waals surface area contributed by atoms with Crippen LogP contribution < -0.4 is 11.1 Å². The maximum Gasteiger partial charge on any atom is 0.273 e. The molecule has 3 rings (SSSR count). The fraction of sp³-hybridized carbons (Fsp3) is 0.350. The minimum atomic E-state index is -0.0267. The fourth-order valence-electron chi connectivity index (χ4n) is 3.12. The highest BCUT2D eigenvalue weighted by molar-refractivity contribution is 7.11. The minimum absolute atomic E-state index is 0.0267. The maximum absolute atomic E-state index is 13.0. The van der Waals surface area contributed by atoms with E-state index in [2.05, 4.69) is 22.2 Å². The Morgan fingerprint density at radius 3 is 3.07 bits per heavy atom. The maximum atomic E-state index is 13.0. The topological polar surface area (TPSA) is 83.6 Å². The summed E-state index contributed by atoms with van der Waals surface area (Å²) in [7, 11) is 0. The van der Waals surface area contributed by atoms with Gasteiger partial charge in [-0.3, -0.25) is 9.79 Å². The van der Waals surface area contributed by atoms with Crippen LogP contribution in [0.4, 0.5) is 5.69 Å². The molecule has 1 aliphatic heterocycles. The number of nitrogens with two attached hydrogens (primary N) is 1. The van der Waals surface area contributed by atoms with Gasteiger partial charge in [0, 0.05) is 47.5 Å². The normalized spacial score (nSPS) is 17.4. The van der Waals surface area contributed by atoms with Crippen LogP contribution in [0.1, 0.15) is 35.3 Å². The zero-order valence-corrected chi connectivity index (χ0v) is 17.3. The Labute approximate surface area is 174 Å². The Balaban J connectivity index is 1.76. The molecular weight excluding hydrogens is 394 g/mol. The van der Waals surface area contributed by atoms with Gasteiger partial charge in [-0.05, 0) is 37.6 Å². The first-order valence-electron chi connectivity index (χ1n) is 9.31. The summed E-state index contributed by atoms with van der Waals surface area (Å²) in [6.07, 6.45) is 4.98. The fourth-order valence-corrected chi connectivity index (χ4v) is 4.09. The lowest BCUT2D eigenvalue weighted by Crippen LogP contribution is -2.42. The van der Waals surface area contributed by atoms with Gasteiger partial charge in [0.05, 0.1) is 5.69 Å². The summed E-state index contributed by atoms with van der Waals surface area (Å²) in [5.41, 5.74) is 7.61. The van der Waals surface area contributed by atoms with Gasteiger partial charge in [0.15, 0.2) is 0 Å². The average molecular weight is 418 g/mol. The van der Waals surface area contributed by atoms with E-state index in [1.807, 2.05) is 17.0 Å². The van der Waals surface area contributed by atoms with Gasteiger partial charge >= 0.3 is 0 Å². The number of hydrogen-bond acceptors (Lipinski definition) is 6. The first-order valence-corrected chi connectivity index (χ1v) is 10.6. The number of rotatable bonds is 7. The zero-order chi connectivity index (χ0) is 19.9. The predicted octanol–water partition coefficient (Wildman–Crippen LogP) is 3.71. The van der Waals surface area contributed by atoms with Gasteiger partial charge in [0.2, 0.25) is 0 Å².